The molecular formula is C12H23N3O3. The standard InChI is InChI=1S/C12H23N3O3/c1-8(2)10(11(16)17)13-12(18)15-6-5-14(4)7-9(15)3/h8-10H,5-7H2,1-4H3,(H,13,18)(H,16,17)/t9?,10-/m0/s1. The van der Waals surface area contributed by atoms with Gasteiger partial charge < -0.3 is 20.2 Å². The van der Waals surface area contributed by atoms with Gasteiger partial charge >= 0.3 is 12.0 Å². The number of amides is 2. The van der Waals surface area contributed by atoms with Crippen LogP contribution in [0.2, 0.25) is 0 Å². The lowest BCUT2D eigenvalue weighted by atomic mass is 10.1. The molecule has 1 heterocycles. The Labute approximate surface area is 108 Å². The van der Waals surface area contributed by atoms with Crippen LogP contribution >= 0.6 is 0 Å². The number of aliphatic carboxylic acids is 1. The molecule has 104 valence electrons. The molecular weight excluding hydrogens is 234 g/mol. The fourth-order valence-electron chi connectivity index (χ4n) is 2.17. The second-order valence-electron chi connectivity index (χ2n) is 5.31. The molecule has 1 fully saturated rings. The van der Waals surface area contributed by atoms with Gasteiger partial charge in [-0.05, 0) is 19.9 Å². The van der Waals surface area contributed by atoms with Gasteiger partial charge in [0, 0.05) is 25.7 Å². The molecule has 0 radical (unpaired) electrons. The highest BCUT2D eigenvalue weighted by molar-refractivity contribution is 5.83. The third-order valence-electron chi connectivity index (χ3n) is 3.30. The summed E-state index contributed by atoms with van der Waals surface area (Å²) in [5.74, 6) is -1.12. The molecule has 1 aliphatic heterocycles. The number of carboxylic acid groups (broad SMARTS) is 1. The van der Waals surface area contributed by atoms with Crippen LogP contribution in [0.15, 0.2) is 0 Å². The highest BCUT2D eigenvalue weighted by Gasteiger charge is 2.30. The van der Waals surface area contributed by atoms with E-state index in [4.69, 9.17) is 5.11 Å². The van der Waals surface area contributed by atoms with Crippen molar-refractivity contribution < 1.29 is 14.7 Å². The van der Waals surface area contributed by atoms with E-state index < -0.39 is 12.0 Å². The molecule has 6 nitrogen and oxygen atoms in total. The van der Waals surface area contributed by atoms with E-state index in [9.17, 15) is 9.59 Å². The summed E-state index contributed by atoms with van der Waals surface area (Å²) >= 11 is 0. The predicted octanol–water partition coefficient (Wildman–Crippen LogP) is 0.441. The Kier molecular flexibility index (Phi) is 4.95. The van der Waals surface area contributed by atoms with Gasteiger partial charge in [-0.1, -0.05) is 13.8 Å². The smallest absolute Gasteiger partial charge is 0.326 e. The van der Waals surface area contributed by atoms with E-state index in [0.29, 0.717) is 6.54 Å². The zero-order valence-corrected chi connectivity index (χ0v) is 11.5. The van der Waals surface area contributed by atoms with Crippen LogP contribution in [0, 0.1) is 5.92 Å². The van der Waals surface area contributed by atoms with Crippen LogP contribution in [0.1, 0.15) is 20.8 Å². The second kappa shape index (κ2) is 6.04. The Hall–Kier alpha value is -1.30. The fraction of sp³-hybridized carbons (Fsp3) is 0.833. The van der Waals surface area contributed by atoms with E-state index in [1.54, 1.807) is 18.7 Å². The first kappa shape index (κ1) is 14.8. The van der Waals surface area contributed by atoms with Crippen LogP contribution < -0.4 is 5.32 Å². The van der Waals surface area contributed by atoms with Crippen molar-refractivity contribution in [3.05, 3.63) is 0 Å². The molecule has 1 saturated heterocycles. The molecule has 2 N–H and O–H groups in total. The highest BCUT2D eigenvalue weighted by Crippen LogP contribution is 2.09. The molecule has 0 bridgehead atoms. The molecule has 0 aromatic rings. The number of nitrogens with one attached hydrogen (secondary N) is 1. The van der Waals surface area contributed by atoms with Crippen LogP contribution in [0.25, 0.3) is 0 Å². The van der Waals surface area contributed by atoms with Crippen molar-refractivity contribution >= 4 is 12.0 Å². The lowest BCUT2D eigenvalue weighted by Crippen LogP contribution is -2.58. The minimum absolute atomic E-state index is 0.102. The van der Waals surface area contributed by atoms with Gasteiger partial charge in [-0.2, -0.15) is 0 Å². The molecule has 0 spiro atoms. The summed E-state index contributed by atoms with van der Waals surface area (Å²) in [4.78, 5) is 27.0. The average molecular weight is 257 g/mol. The topological polar surface area (TPSA) is 72.9 Å². The number of carbonyl (C=O) groups excluding carboxylic acids is 1. The molecule has 2 atom stereocenters. The van der Waals surface area contributed by atoms with Crippen LogP contribution in [0.4, 0.5) is 4.79 Å². The van der Waals surface area contributed by atoms with E-state index in [2.05, 4.69) is 10.2 Å². The van der Waals surface area contributed by atoms with Gasteiger partial charge in [-0.15, -0.1) is 0 Å². The maximum absolute atomic E-state index is 12.1. The normalized spacial score (nSPS) is 22.9. The van der Waals surface area contributed by atoms with Crippen molar-refractivity contribution in [2.75, 3.05) is 26.7 Å². The molecule has 0 aliphatic carbocycles. The van der Waals surface area contributed by atoms with Gasteiger partial charge in [0.15, 0.2) is 0 Å². The lowest BCUT2D eigenvalue weighted by molar-refractivity contribution is -0.140. The number of carboxylic acids is 1. The minimum Gasteiger partial charge on any atom is -0.480 e. The first-order chi connectivity index (χ1) is 8.32. The summed E-state index contributed by atoms with van der Waals surface area (Å²) in [7, 11) is 2.01. The van der Waals surface area contributed by atoms with E-state index in [0.717, 1.165) is 13.1 Å². The van der Waals surface area contributed by atoms with Crippen LogP contribution in [-0.4, -0.2) is 65.7 Å². The minimum atomic E-state index is -0.986. The molecule has 1 aliphatic rings. The largest absolute Gasteiger partial charge is 0.480 e. The predicted molar refractivity (Wildman–Crippen MR) is 68.5 cm³/mol. The second-order valence-corrected chi connectivity index (χ2v) is 5.31. The van der Waals surface area contributed by atoms with E-state index in [1.807, 2.05) is 14.0 Å². The summed E-state index contributed by atoms with van der Waals surface area (Å²) in [5, 5.41) is 11.7. The fourth-order valence-corrected chi connectivity index (χ4v) is 2.17. The first-order valence-corrected chi connectivity index (χ1v) is 6.31. The molecule has 1 rings (SSSR count). The van der Waals surface area contributed by atoms with Crippen molar-refractivity contribution in [2.45, 2.75) is 32.9 Å². The summed E-state index contributed by atoms with van der Waals surface area (Å²) in [6.07, 6.45) is 0. The number of carbonyl (C=O) groups is 2. The van der Waals surface area contributed by atoms with Gasteiger partial charge in [-0.25, -0.2) is 9.59 Å². The number of hydrogen-bond donors (Lipinski definition) is 2. The van der Waals surface area contributed by atoms with Gasteiger partial charge in [-0.3, -0.25) is 0 Å². The summed E-state index contributed by atoms with van der Waals surface area (Å²) in [5.41, 5.74) is 0. The molecule has 0 aromatic carbocycles. The number of rotatable bonds is 3. The number of nitrogens with zero attached hydrogens (tertiary/aromatic N) is 2. The Morgan fingerprint density at radius 3 is 2.39 bits per heavy atom. The van der Waals surface area contributed by atoms with Crippen molar-refractivity contribution in [3.8, 4) is 0 Å². The molecule has 18 heavy (non-hydrogen) atoms. The Morgan fingerprint density at radius 1 is 1.33 bits per heavy atom. The summed E-state index contributed by atoms with van der Waals surface area (Å²) in [6.45, 7) is 7.80. The van der Waals surface area contributed by atoms with E-state index in [1.165, 1.54) is 0 Å². The third-order valence-corrected chi connectivity index (χ3v) is 3.30. The summed E-state index contributed by atoms with van der Waals surface area (Å²) < 4.78 is 0. The number of piperazine rings is 1. The highest BCUT2D eigenvalue weighted by atomic mass is 16.4. The quantitative estimate of drug-likeness (QED) is 0.769. The summed E-state index contributed by atoms with van der Waals surface area (Å²) in [6, 6.07) is -1.01. The molecule has 1 unspecified atom stereocenters. The van der Waals surface area contributed by atoms with Crippen molar-refractivity contribution in [1.82, 2.24) is 15.1 Å². The van der Waals surface area contributed by atoms with Gasteiger partial charge in [0.05, 0.1) is 0 Å². The first-order valence-electron chi connectivity index (χ1n) is 6.31. The van der Waals surface area contributed by atoms with Crippen molar-refractivity contribution in [3.63, 3.8) is 0 Å². The maximum atomic E-state index is 12.1. The van der Waals surface area contributed by atoms with Crippen LogP contribution in [0.5, 0.6) is 0 Å². The van der Waals surface area contributed by atoms with Crippen LogP contribution in [0.3, 0.4) is 0 Å². The Bertz CT molecular complexity index is 320. The maximum Gasteiger partial charge on any atom is 0.326 e. The molecule has 2 amide bonds. The third kappa shape index (κ3) is 3.60. The number of likely N-dealkylation sites (N-methyl/N-ethyl adjacent to an activating group) is 1. The molecule has 0 saturated carbocycles. The average Bonchev–Trinajstić information content (AvgIpc) is 2.24. The molecule has 6 heteroatoms. The van der Waals surface area contributed by atoms with E-state index in [-0.39, 0.29) is 18.0 Å². The molecule has 0 aromatic heterocycles. The van der Waals surface area contributed by atoms with Crippen molar-refractivity contribution in [2.24, 2.45) is 5.92 Å². The number of urea groups is 1. The Balaban J connectivity index is 2.61. The number of hydrogen-bond acceptors (Lipinski definition) is 3. The van der Waals surface area contributed by atoms with Gasteiger partial charge in [0.25, 0.3) is 0 Å². The zero-order valence-electron chi connectivity index (χ0n) is 11.5. The zero-order chi connectivity index (χ0) is 13.9. The van der Waals surface area contributed by atoms with Crippen molar-refractivity contribution in [1.29, 1.82) is 0 Å². The lowest BCUT2D eigenvalue weighted by Gasteiger charge is -2.38. The van der Waals surface area contributed by atoms with Gasteiger partial charge in [0.1, 0.15) is 6.04 Å². The van der Waals surface area contributed by atoms with E-state index >= 15 is 0 Å². The van der Waals surface area contributed by atoms with Gasteiger partial charge in [0.2, 0.25) is 0 Å². The van der Waals surface area contributed by atoms with Crippen LogP contribution in [-0.2, 0) is 4.79 Å². The Morgan fingerprint density at radius 2 is 1.94 bits per heavy atom. The SMILES string of the molecule is CC(C)[C@H](NC(=O)N1CCN(C)CC1C)C(=O)O. The monoisotopic (exact) mass is 257 g/mol.